The van der Waals surface area contributed by atoms with Gasteiger partial charge in [-0.1, -0.05) is 116 Å². The Balaban J connectivity index is 1.20. The number of fused-ring (bicyclic) bond motifs is 2. The van der Waals surface area contributed by atoms with Gasteiger partial charge in [-0.2, -0.15) is 0 Å². The molecule has 1 aromatic carbocycles. The van der Waals surface area contributed by atoms with Gasteiger partial charge in [0.25, 0.3) is 0 Å². The van der Waals surface area contributed by atoms with E-state index in [1.54, 1.807) is 45.6 Å². The number of ether oxygens (including phenoxy) is 6. The Hall–Kier alpha value is -2.16. The standard InChI is InChI=1S/C49H77NO11/c1-7-9-10-11-12-13-14-15-16-17-18-19-20-24-27-36(52)61-49-37-33(29-47(55,44(59-6)42(49)53)43(37)60-45(54)32-25-22-21-23-26-32)48-35(57-4)28-34(51)46(31-56-3)30-50(8-2)41(48)38(49)39(58-5)40(46)48/h21-23,25-26,33-35,37-44,51,53,55H,7-20,24,27-31H2,1-6H3/t33-,34-,35+,37-,38+,39+,40-,41?,42+,43-,44+,46+,47-,48+,49-/m1/s1. The smallest absolute Gasteiger partial charge is 0.338 e. The van der Waals surface area contributed by atoms with E-state index >= 15 is 0 Å². The highest BCUT2D eigenvalue weighted by molar-refractivity contribution is 5.89. The quantitative estimate of drug-likeness (QED) is 0.0769. The fraction of sp³-hybridized carbons (Fsp3) is 0.837. The maximum Gasteiger partial charge on any atom is 0.338 e. The lowest BCUT2D eigenvalue weighted by atomic mass is 9.42. The molecule has 12 nitrogen and oxygen atoms in total. The predicted molar refractivity (Wildman–Crippen MR) is 230 cm³/mol. The van der Waals surface area contributed by atoms with Crippen molar-refractivity contribution in [2.24, 2.45) is 34.5 Å². The summed E-state index contributed by atoms with van der Waals surface area (Å²) in [6, 6.07) is 8.32. The highest BCUT2D eigenvalue weighted by Gasteiger charge is 2.92. The highest BCUT2D eigenvalue weighted by atomic mass is 16.6. The molecule has 6 aliphatic rings. The van der Waals surface area contributed by atoms with E-state index in [0.29, 0.717) is 31.5 Å². The number of aliphatic hydroxyl groups is 3. The topological polar surface area (TPSA) is 153 Å². The minimum atomic E-state index is -1.84. The maximum atomic E-state index is 14.6. The highest BCUT2D eigenvalue weighted by Crippen LogP contribution is 2.80. The Morgan fingerprint density at radius 3 is 1.97 bits per heavy atom. The first-order valence-corrected chi connectivity index (χ1v) is 23.9. The van der Waals surface area contributed by atoms with Crippen molar-refractivity contribution in [1.29, 1.82) is 0 Å². The molecule has 6 fully saturated rings. The van der Waals surface area contributed by atoms with Gasteiger partial charge in [0, 0.05) is 82.5 Å². The number of hydrogen-bond acceptors (Lipinski definition) is 12. The molecule has 1 aliphatic heterocycles. The molecule has 1 spiro atoms. The van der Waals surface area contributed by atoms with Gasteiger partial charge in [0.15, 0.2) is 5.60 Å². The number of piperidine rings is 1. The Morgan fingerprint density at radius 1 is 0.787 bits per heavy atom. The fourth-order valence-corrected chi connectivity index (χ4v) is 14.8. The number of unbranched alkanes of at least 4 members (excludes halogenated alkanes) is 13. The van der Waals surface area contributed by atoms with Crippen LogP contribution in [0.2, 0.25) is 0 Å². The van der Waals surface area contributed by atoms with Crippen LogP contribution >= 0.6 is 0 Å². The lowest BCUT2D eigenvalue weighted by Crippen LogP contribution is -2.81. The van der Waals surface area contributed by atoms with E-state index in [1.165, 1.54) is 71.3 Å². The number of rotatable bonds is 24. The second-order valence-corrected chi connectivity index (χ2v) is 19.6. The van der Waals surface area contributed by atoms with Gasteiger partial charge in [0.05, 0.1) is 30.5 Å². The van der Waals surface area contributed by atoms with Crippen LogP contribution in [-0.4, -0.2) is 134 Å². The molecule has 3 N–H and O–H groups in total. The lowest BCUT2D eigenvalue weighted by Gasteiger charge is -2.70. The molecule has 1 aromatic rings. The SMILES string of the molecule is CCCCCCCCCCCCCCCCC(=O)O[C@]12[C@H]3[C@@H](OC(=O)c4ccccc4)[C@](O)(C[C@H]3[C@@]34C5[C@@H]1[C@H](OC)[C@@H]3[C@](COC)(CN5CC)[C@H](O)C[C@@H]4OC)[C@@H](OC)[C@@H]2O. The molecule has 15 atom stereocenters. The zero-order chi connectivity index (χ0) is 43.6. The number of carbonyl (C=O) groups is 2. The molecule has 7 rings (SSSR count). The summed E-state index contributed by atoms with van der Waals surface area (Å²) in [5, 5.41) is 38.4. The third kappa shape index (κ3) is 7.52. The van der Waals surface area contributed by atoms with Crippen LogP contribution in [-0.2, 0) is 33.2 Å². The minimum Gasteiger partial charge on any atom is -0.455 e. The van der Waals surface area contributed by atoms with Crippen LogP contribution in [0, 0.1) is 34.5 Å². The summed E-state index contributed by atoms with van der Waals surface area (Å²) >= 11 is 0. The summed E-state index contributed by atoms with van der Waals surface area (Å²) in [4.78, 5) is 31.0. The number of nitrogens with zero attached hydrogens (tertiary/aromatic N) is 1. The van der Waals surface area contributed by atoms with Gasteiger partial charge in [-0.15, -0.1) is 0 Å². The number of likely N-dealkylation sites (tertiary alicyclic amines) is 1. The van der Waals surface area contributed by atoms with E-state index in [9.17, 15) is 24.9 Å². The second kappa shape index (κ2) is 19.5. The molecule has 1 heterocycles. The van der Waals surface area contributed by atoms with E-state index in [0.717, 1.165) is 19.3 Å². The fourth-order valence-electron chi connectivity index (χ4n) is 14.8. The summed E-state index contributed by atoms with van der Waals surface area (Å²) in [7, 11) is 6.42. The molecule has 12 heteroatoms. The van der Waals surface area contributed by atoms with Crippen LogP contribution in [0.25, 0.3) is 0 Å². The van der Waals surface area contributed by atoms with E-state index in [4.69, 9.17) is 28.4 Å². The van der Waals surface area contributed by atoms with Gasteiger partial charge in [0.1, 0.15) is 23.9 Å². The van der Waals surface area contributed by atoms with Gasteiger partial charge in [-0.05, 0) is 37.4 Å². The van der Waals surface area contributed by atoms with Crippen molar-refractivity contribution in [2.75, 3.05) is 48.1 Å². The Morgan fingerprint density at radius 2 is 1.41 bits per heavy atom. The number of benzene rings is 1. The number of esters is 2. The van der Waals surface area contributed by atoms with Crippen LogP contribution in [0.4, 0.5) is 0 Å². The van der Waals surface area contributed by atoms with Crippen molar-refractivity contribution in [3.05, 3.63) is 35.9 Å². The van der Waals surface area contributed by atoms with Gasteiger partial charge in [0.2, 0.25) is 0 Å². The summed E-state index contributed by atoms with van der Waals surface area (Å²) in [5.74, 6) is -3.47. The van der Waals surface area contributed by atoms with Crippen LogP contribution in [0.3, 0.4) is 0 Å². The van der Waals surface area contributed by atoms with Crippen molar-refractivity contribution in [3.8, 4) is 0 Å². The number of hydrogen-bond donors (Lipinski definition) is 3. The predicted octanol–water partition coefficient (Wildman–Crippen LogP) is 6.50. The Bertz CT molecular complexity index is 1620. The van der Waals surface area contributed by atoms with E-state index < -0.39 is 88.3 Å². The van der Waals surface area contributed by atoms with E-state index in [1.807, 2.05) is 6.07 Å². The van der Waals surface area contributed by atoms with Gasteiger partial charge < -0.3 is 43.7 Å². The molecule has 61 heavy (non-hydrogen) atoms. The van der Waals surface area contributed by atoms with Crippen molar-refractivity contribution in [3.63, 3.8) is 0 Å². The Kier molecular flexibility index (Phi) is 15.0. The summed E-state index contributed by atoms with van der Waals surface area (Å²) in [6.45, 7) is 5.69. The first-order valence-electron chi connectivity index (χ1n) is 23.9. The number of aliphatic hydroxyl groups excluding tert-OH is 2. The molecule has 0 aromatic heterocycles. The minimum absolute atomic E-state index is 0.0882. The van der Waals surface area contributed by atoms with Crippen molar-refractivity contribution >= 4 is 11.9 Å². The molecule has 344 valence electrons. The largest absolute Gasteiger partial charge is 0.455 e. The van der Waals surface area contributed by atoms with Gasteiger partial charge >= 0.3 is 11.9 Å². The average Bonchev–Trinajstić information content (AvgIpc) is 3.64. The van der Waals surface area contributed by atoms with Crippen molar-refractivity contribution in [1.82, 2.24) is 4.90 Å². The van der Waals surface area contributed by atoms with Crippen LogP contribution in [0.5, 0.6) is 0 Å². The second-order valence-electron chi connectivity index (χ2n) is 19.6. The van der Waals surface area contributed by atoms with E-state index in [-0.39, 0.29) is 31.4 Å². The first kappa shape index (κ1) is 46.8. The maximum absolute atomic E-state index is 14.6. The number of carbonyl (C=O) groups excluding carboxylic acids is 2. The third-order valence-corrected chi connectivity index (χ3v) is 16.9. The molecule has 0 radical (unpaired) electrons. The van der Waals surface area contributed by atoms with Crippen LogP contribution < -0.4 is 0 Å². The van der Waals surface area contributed by atoms with Gasteiger partial charge in [-0.25, -0.2) is 4.79 Å². The van der Waals surface area contributed by atoms with Crippen LogP contribution in [0.1, 0.15) is 133 Å². The summed E-state index contributed by atoms with van der Waals surface area (Å²) in [6.07, 6.45) is 11.4. The molecule has 1 unspecified atom stereocenters. The van der Waals surface area contributed by atoms with Crippen molar-refractivity contribution in [2.45, 2.75) is 177 Å². The molecule has 7 bridgehead atoms. The average molecular weight is 856 g/mol. The zero-order valence-electron chi connectivity index (χ0n) is 37.9. The molecule has 5 aliphatic carbocycles. The molecule has 0 amide bonds. The molecule has 5 saturated carbocycles. The van der Waals surface area contributed by atoms with E-state index in [2.05, 4.69) is 18.7 Å². The van der Waals surface area contributed by atoms with Crippen LogP contribution in [0.15, 0.2) is 30.3 Å². The summed E-state index contributed by atoms with van der Waals surface area (Å²) in [5.41, 5.74) is -4.82. The first-order chi connectivity index (χ1) is 29.5. The normalized spacial score (nSPS) is 40.6. The molecule has 1 saturated heterocycles. The lowest BCUT2D eigenvalue weighted by molar-refractivity contribution is -0.323. The summed E-state index contributed by atoms with van der Waals surface area (Å²) < 4.78 is 38.7. The zero-order valence-corrected chi connectivity index (χ0v) is 37.9. The molecular weight excluding hydrogens is 779 g/mol. The third-order valence-electron chi connectivity index (χ3n) is 16.9. The monoisotopic (exact) mass is 856 g/mol. The number of methoxy groups -OCH3 is 4. The molecular formula is C49H77NO11. The van der Waals surface area contributed by atoms with Gasteiger partial charge in [-0.3, -0.25) is 9.69 Å². The Labute approximate surface area is 364 Å². The van der Waals surface area contributed by atoms with Crippen molar-refractivity contribution < 1.29 is 53.3 Å².